The number of hydroxylamine groups is 1. The van der Waals surface area contributed by atoms with E-state index in [0.717, 1.165) is 28.0 Å². The molecular weight excluding hydrogens is 310 g/mol. The average molecular weight is 330 g/mol. The minimum Gasteiger partial charge on any atom is -0.624 e. The molecule has 1 unspecified atom stereocenters. The topological polar surface area (TPSA) is 35.3 Å². The van der Waals surface area contributed by atoms with E-state index >= 15 is 0 Å². The van der Waals surface area contributed by atoms with E-state index < -0.39 is 0 Å². The molecule has 0 spiro atoms. The van der Waals surface area contributed by atoms with Gasteiger partial charge < -0.3 is 9.94 Å². The molecule has 0 aromatic heterocycles. The van der Waals surface area contributed by atoms with Crippen molar-refractivity contribution >= 4 is 17.8 Å². The highest BCUT2D eigenvalue weighted by Crippen LogP contribution is 2.24. The molecule has 0 radical (unpaired) electrons. The Bertz CT molecular complexity index is 710. The normalized spacial score (nSPS) is 17.0. The van der Waals surface area contributed by atoms with Crippen molar-refractivity contribution in [3.05, 3.63) is 69.9 Å². The third kappa shape index (κ3) is 4.05. The number of nitrogens with zero attached hydrogens (tertiary/aromatic N) is 1. The van der Waals surface area contributed by atoms with Crippen molar-refractivity contribution in [2.24, 2.45) is 0 Å². The predicted molar refractivity (Wildman–Crippen MR) is 93.8 cm³/mol. The summed E-state index contributed by atoms with van der Waals surface area (Å²) >= 11 is 5.78. The summed E-state index contributed by atoms with van der Waals surface area (Å²) in [6.45, 7) is 2.40. The first-order valence-electron chi connectivity index (χ1n) is 7.84. The zero-order chi connectivity index (χ0) is 16.2. The number of alkyl halides is 1. The number of rotatable bonds is 4. The van der Waals surface area contributed by atoms with E-state index in [0.29, 0.717) is 18.8 Å². The third-order valence-electron chi connectivity index (χ3n) is 3.99. The van der Waals surface area contributed by atoms with Gasteiger partial charge in [0.15, 0.2) is 18.9 Å². The van der Waals surface area contributed by atoms with Crippen LogP contribution in [0.1, 0.15) is 28.7 Å². The van der Waals surface area contributed by atoms with Crippen LogP contribution in [0.25, 0.3) is 0 Å². The molecule has 4 heteroatoms. The molecule has 2 aromatic rings. The number of hydrogen-bond acceptors (Lipinski definition) is 2. The molecule has 0 bridgehead atoms. The van der Waals surface area contributed by atoms with Crippen LogP contribution in [0, 0.1) is 12.1 Å². The van der Waals surface area contributed by atoms with Crippen LogP contribution in [0.4, 0.5) is 0 Å². The van der Waals surface area contributed by atoms with E-state index in [-0.39, 0.29) is 6.10 Å². The van der Waals surface area contributed by atoms with E-state index in [2.05, 4.69) is 37.3 Å². The average Bonchev–Trinajstić information content (AvgIpc) is 2.67. The van der Waals surface area contributed by atoms with Gasteiger partial charge in [-0.05, 0) is 36.6 Å². The van der Waals surface area contributed by atoms with Gasteiger partial charge in [-0.25, -0.2) is 4.74 Å². The standard InChI is InChI=1S/C19H20ClNO2/c1-14-2-4-15(5-3-14)10-16-6-7-19-17(11-16)12-21(22)13-18(23-19)8-9-20/h2-7,11-12,18H,8-10,13H2,1H3. The lowest BCUT2D eigenvalue weighted by Crippen LogP contribution is -2.26. The summed E-state index contributed by atoms with van der Waals surface area (Å²) in [4.78, 5) is 0. The van der Waals surface area contributed by atoms with Crippen molar-refractivity contribution in [2.45, 2.75) is 25.9 Å². The Morgan fingerprint density at radius 1 is 1.17 bits per heavy atom. The van der Waals surface area contributed by atoms with E-state index in [4.69, 9.17) is 16.3 Å². The van der Waals surface area contributed by atoms with Crippen LogP contribution < -0.4 is 4.74 Å². The quantitative estimate of drug-likeness (QED) is 0.484. The van der Waals surface area contributed by atoms with E-state index in [1.54, 1.807) is 6.21 Å². The largest absolute Gasteiger partial charge is 0.624 e. The number of fused-ring (bicyclic) bond motifs is 1. The van der Waals surface area contributed by atoms with Gasteiger partial charge in [0.1, 0.15) is 5.75 Å². The summed E-state index contributed by atoms with van der Waals surface area (Å²) in [5, 5.41) is 12.0. The molecule has 0 saturated carbocycles. The fraction of sp³-hybridized carbons (Fsp3) is 0.316. The van der Waals surface area contributed by atoms with Crippen molar-refractivity contribution in [3.8, 4) is 5.75 Å². The van der Waals surface area contributed by atoms with Crippen molar-refractivity contribution in [1.29, 1.82) is 0 Å². The van der Waals surface area contributed by atoms with Crippen molar-refractivity contribution < 1.29 is 9.48 Å². The van der Waals surface area contributed by atoms with Gasteiger partial charge in [0.25, 0.3) is 0 Å². The van der Waals surface area contributed by atoms with Crippen molar-refractivity contribution in [2.75, 3.05) is 12.4 Å². The second-order valence-electron chi connectivity index (χ2n) is 5.98. The number of halogens is 1. The van der Waals surface area contributed by atoms with E-state index in [1.807, 2.05) is 12.1 Å². The van der Waals surface area contributed by atoms with Gasteiger partial charge in [0.2, 0.25) is 0 Å². The van der Waals surface area contributed by atoms with Crippen LogP contribution in [-0.4, -0.2) is 29.5 Å². The third-order valence-corrected chi connectivity index (χ3v) is 4.21. The minimum absolute atomic E-state index is 0.162. The molecule has 0 aliphatic carbocycles. The highest BCUT2D eigenvalue weighted by atomic mass is 35.5. The van der Waals surface area contributed by atoms with Gasteiger partial charge in [-0.15, -0.1) is 11.6 Å². The van der Waals surface area contributed by atoms with Gasteiger partial charge in [-0.3, -0.25) is 0 Å². The molecule has 2 aromatic carbocycles. The molecule has 23 heavy (non-hydrogen) atoms. The van der Waals surface area contributed by atoms with Crippen LogP contribution in [0.2, 0.25) is 0 Å². The summed E-state index contributed by atoms with van der Waals surface area (Å²) in [6.07, 6.45) is 2.96. The van der Waals surface area contributed by atoms with Gasteiger partial charge in [-0.1, -0.05) is 35.9 Å². The van der Waals surface area contributed by atoms with Crippen molar-refractivity contribution in [1.82, 2.24) is 0 Å². The summed E-state index contributed by atoms with van der Waals surface area (Å²) in [7, 11) is 0. The van der Waals surface area contributed by atoms with Crippen molar-refractivity contribution in [3.63, 3.8) is 0 Å². The molecule has 0 fully saturated rings. The molecule has 0 N–H and O–H groups in total. The Kier molecular flexibility index (Phi) is 4.87. The Morgan fingerprint density at radius 2 is 1.91 bits per heavy atom. The fourth-order valence-corrected chi connectivity index (χ4v) is 3.00. The Balaban J connectivity index is 1.84. The van der Waals surface area contributed by atoms with Crippen LogP contribution in [0.5, 0.6) is 5.75 Å². The smallest absolute Gasteiger partial charge is 0.190 e. The first kappa shape index (κ1) is 15.9. The molecule has 1 aliphatic heterocycles. The summed E-state index contributed by atoms with van der Waals surface area (Å²) in [5.41, 5.74) is 4.51. The molecule has 1 aliphatic rings. The maximum atomic E-state index is 12.0. The maximum Gasteiger partial charge on any atom is 0.190 e. The zero-order valence-corrected chi connectivity index (χ0v) is 13.9. The summed E-state index contributed by atoms with van der Waals surface area (Å²) in [5.74, 6) is 1.24. The fourth-order valence-electron chi connectivity index (χ4n) is 2.76. The predicted octanol–water partition coefficient (Wildman–Crippen LogP) is 3.90. The van der Waals surface area contributed by atoms with E-state index in [9.17, 15) is 5.21 Å². The Labute approximate surface area is 141 Å². The maximum absolute atomic E-state index is 12.0. The lowest BCUT2D eigenvalue weighted by molar-refractivity contribution is -0.460. The lowest BCUT2D eigenvalue weighted by atomic mass is 10.0. The number of ether oxygens (including phenoxy) is 1. The molecule has 120 valence electrons. The summed E-state index contributed by atoms with van der Waals surface area (Å²) < 4.78 is 6.87. The molecule has 1 atom stereocenters. The number of aryl methyl sites for hydroxylation is 1. The first-order valence-corrected chi connectivity index (χ1v) is 8.37. The lowest BCUT2D eigenvalue weighted by Gasteiger charge is -2.15. The van der Waals surface area contributed by atoms with Gasteiger partial charge in [0.05, 0.1) is 5.56 Å². The molecule has 3 rings (SSSR count). The molecular formula is C19H20ClNO2. The number of benzene rings is 2. The highest BCUT2D eigenvalue weighted by molar-refractivity contribution is 6.17. The first-order chi connectivity index (χ1) is 11.1. The second-order valence-corrected chi connectivity index (χ2v) is 6.36. The van der Waals surface area contributed by atoms with Gasteiger partial charge in [-0.2, -0.15) is 0 Å². The zero-order valence-electron chi connectivity index (χ0n) is 13.2. The second kappa shape index (κ2) is 7.05. The summed E-state index contributed by atoms with van der Waals surface area (Å²) in [6, 6.07) is 14.5. The Hall–Kier alpha value is -2.00. The molecule has 1 heterocycles. The van der Waals surface area contributed by atoms with Crippen LogP contribution in [0.3, 0.4) is 0 Å². The monoisotopic (exact) mass is 329 g/mol. The SMILES string of the molecule is Cc1ccc(Cc2ccc3c(c2)C=[N+]([O-])CC(CCCl)O3)cc1. The highest BCUT2D eigenvalue weighted by Gasteiger charge is 2.21. The van der Waals surface area contributed by atoms with Crippen LogP contribution in [0.15, 0.2) is 42.5 Å². The van der Waals surface area contributed by atoms with Gasteiger partial charge in [0, 0.05) is 12.3 Å². The molecule has 0 saturated heterocycles. The minimum atomic E-state index is -0.162. The Morgan fingerprint density at radius 3 is 2.65 bits per heavy atom. The molecule has 0 amide bonds. The van der Waals surface area contributed by atoms with Crippen LogP contribution >= 0.6 is 11.6 Å². The van der Waals surface area contributed by atoms with Crippen LogP contribution in [-0.2, 0) is 6.42 Å². The molecule has 3 nitrogen and oxygen atoms in total. The van der Waals surface area contributed by atoms with Gasteiger partial charge >= 0.3 is 0 Å². The van der Waals surface area contributed by atoms with E-state index in [1.165, 1.54) is 11.1 Å². The number of hydrogen-bond donors (Lipinski definition) is 0.